The second-order valence-electron chi connectivity index (χ2n) is 3.94. The molecule has 0 aliphatic heterocycles. The maximum absolute atomic E-state index is 5.94. The highest BCUT2D eigenvalue weighted by molar-refractivity contribution is 6.30. The Bertz CT molecular complexity index is 286. The summed E-state index contributed by atoms with van der Waals surface area (Å²) in [5.74, 6) is 0. The van der Waals surface area contributed by atoms with Gasteiger partial charge < -0.3 is 5.32 Å². The third kappa shape index (κ3) is 4.67. The topological polar surface area (TPSA) is 12.0 Å². The molecule has 0 radical (unpaired) electrons. The van der Waals surface area contributed by atoms with Crippen LogP contribution in [0.15, 0.2) is 24.3 Å². The molecule has 1 aromatic carbocycles. The molecule has 0 amide bonds. The minimum absolute atomic E-state index is 0.633. The van der Waals surface area contributed by atoms with Gasteiger partial charge in [-0.05, 0) is 44.0 Å². The van der Waals surface area contributed by atoms with Gasteiger partial charge in [0.25, 0.3) is 0 Å². The maximum Gasteiger partial charge on any atom is 0.0408 e. The van der Waals surface area contributed by atoms with Gasteiger partial charge in [0.15, 0.2) is 0 Å². The molecule has 1 unspecified atom stereocenters. The molecule has 0 bridgehead atoms. The Balaban J connectivity index is 2.41. The van der Waals surface area contributed by atoms with E-state index in [-0.39, 0.29) is 0 Å². The van der Waals surface area contributed by atoms with E-state index in [0.717, 1.165) is 11.4 Å². The zero-order valence-electron chi connectivity index (χ0n) is 9.59. The average molecular weight is 226 g/mol. The standard InChI is InChI=1S/C13H20ClN/c1-3-5-13(15-2)9-8-11-6-4-7-12(14)10-11/h4,6-7,10,13,15H,3,5,8-9H2,1-2H3. The summed E-state index contributed by atoms with van der Waals surface area (Å²) in [4.78, 5) is 0. The zero-order chi connectivity index (χ0) is 11.1. The summed E-state index contributed by atoms with van der Waals surface area (Å²) in [6.45, 7) is 2.23. The summed E-state index contributed by atoms with van der Waals surface area (Å²) < 4.78 is 0. The van der Waals surface area contributed by atoms with E-state index in [1.165, 1.54) is 24.8 Å². The smallest absolute Gasteiger partial charge is 0.0408 e. The van der Waals surface area contributed by atoms with Gasteiger partial charge in [0.05, 0.1) is 0 Å². The minimum atomic E-state index is 0.633. The lowest BCUT2D eigenvalue weighted by molar-refractivity contribution is 0.484. The fraction of sp³-hybridized carbons (Fsp3) is 0.538. The Morgan fingerprint density at radius 3 is 2.73 bits per heavy atom. The van der Waals surface area contributed by atoms with Gasteiger partial charge in [-0.25, -0.2) is 0 Å². The third-order valence-corrected chi connectivity index (χ3v) is 2.95. The SMILES string of the molecule is CCCC(CCc1cccc(Cl)c1)NC. The van der Waals surface area contributed by atoms with Gasteiger partial charge in [0.2, 0.25) is 0 Å². The van der Waals surface area contributed by atoms with Crippen molar-refractivity contribution in [2.45, 2.75) is 38.6 Å². The van der Waals surface area contributed by atoms with Crippen LogP contribution in [0.25, 0.3) is 0 Å². The van der Waals surface area contributed by atoms with Crippen LogP contribution < -0.4 is 5.32 Å². The average Bonchev–Trinajstić information content (AvgIpc) is 2.24. The Kier molecular flexibility index (Phi) is 5.74. The molecule has 1 nitrogen and oxygen atoms in total. The Morgan fingerprint density at radius 2 is 2.13 bits per heavy atom. The van der Waals surface area contributed by atoms with Crippen LogP contribution in [-0.4, -0.2) is 13.1 Å². The van der Waals surface area contributed by atoms with E-state index in [1.54, 1.807) is 0 Å². The molecule has 0 spiro atoms. The lowest BCUT2D eigenvalue weighted by atomic mass is 10.0. The van der Waals surface area contributed by atoms with Crippen LogP contribution in [0.2, 0.25) is 5.02 Å². The molecule has 2 heteroatoms. The first-order chi connectivity index (χ1) is 7.26. The molecule has 0 saturated heterocycles. The first-order valence-electron chi connectivity index (χ1n) is 5.68. The van der Waals surface area contributed by atoms with Crippen LogP contribution in [0.5, 0.6) is 0 Å². The molecule has 0 aromatic heterocycles. The van der Waals surface area contributed by atoms with Crippen molar-refractivity contribution in [3.8, 4) is 0 Å². The summed E-state index contributed by atoms with van der Waals surface area (Å²) in [5, 5.41) is 4.19. The Labute approximate surface area is 97.8 Å². The van der Waals surface area contributed by atoms with Crippen LogP contribution in [-0.2, 0) is 6.42 Å². The predicted octanol–water partition coefficient (Wildman–Crippen LogP) is 3.66. The van der Waals surface area contributed by atoms with Crippen molar-refractivity contribution in [1.82, 2.24) is 5.32 Å². The number of aryl methyl sites for hydroxylation is 1. The quantitative estimate of drug-likeness (QED) is 0.779. The van der Waals surface area contributed by atoms with Crippen LogP contribution in [0.1, 0.15) is 31.7 Å². The summed E-state index contributed by atoms with van der Waals surface area (Å²) >= 11 is 5.94. The molecule has 0 heterocycles. The normalized spacial score (nSPS) is 12.7. The van der Waals surface area contributed by atoms with Gasteiger partial charge in [-0.2, -0.15) is 0 Å². The highest BCUT2D eigenvalue weighted by Gasteiger charge is 2.04. The van der Waals surface area contributed by atoms with Gasteiger partial charge in [-0.15, -0.1) is 0 Å². The summed E-state index contributed by atoms with van der Waals surface area (Å²) in [6.07, 6.45) is 4.77. The molecule has 1 rings (SSSR count). The van der Waals surface area contributed by atoms with Crippen molar-refractivity contribution < 1.29 is 0 Å². The number of nitrogens with one attached hydrogen (secondary N) is 1. The van der Waals surface area contributed by atoms with E-state index in [9.17, 15) is 0 Å². The first-order valence-corrected chi connectivity index (χ1v) is 6.05. The van der Waals surface area contributed by atoms with Crippen LogP contribution >= 0.6 is 11.6 Å². The molecule has 1 N–H and O–H groups in total. The molecule has 1 aromatic rings. The third-order valence-electron chi connectivity index (χ3n) is 2.72. The molecule has 0 fully saturated rings. The van der Waals surface area contributed by atoms with Gasteiger partial charge in [0.1, 0.15) is 0 Å². The molecular formula is C13H20ClN. The van der Waals surface area contributed by atoms with Crippen molar-refractivity contribution in [3.63, 3.8) is 0 Å². The molecule has 84 valence electrons. The van der Waals surface area contributed by atoms with Crippen LogP contribution in [0.4, 0.5) is 0 Å². The van der Waals surface area contributed by atoms with E-state index < -0.39 is 0 Å². The van der Waals surface area contributed by atoms with Crippen molar-refractivity contribution in [1.29, 1.82) is 0 Å². The lowest BCUT2D eigenvalue weighted by Crippen LogP contribution is -2.25. The van der Waals surface area contributed by atoms with E-state index in [4.69, 9.17) is 11.6 Å². The second-order valence-corrected chi connectivity index (χ2v) is 4.38. The monoisotopic (exact) mass is 225 g/mol. The van der Waals surface area contributed by atoms with Gasteiger partial charge in [-0.3, -0.25) is 0 Å². The number of benzene rings is 1. The lowest BCUT2D eigenvalue weighted by Gasteiger charge is -2.14. The Morgan fingerprint density at radius 1 is 1.33 bits per heavy atom. The summed E-state index contributed by atoms with van der Waals surface area (Å²) in [7, 11) is 2.04. The van der Waals surface area contributed by atoms with Gasteiger partial charge in [-0.1, -0.05) is 37.1 Å². The number of halogens is 1. The van der Waals surface area contributed by atoms with Gasteiger partial charge >= 0.3 is 0 Å². The van der Waals surface area contributed by atoms with E-state index in [2.05, 4.69) is 24.4 Å². The predicted molar refractivity (Wildman–Crippen MR) is 67.5 cm³/mol. The summed E-state index contributed by atoms with van der Waals surface area (Å²) in [5.41, 5.74) is 1.33. The number of hydrogen-bond acceptors (Lipinski definition) is 1. The highest BCUT2D eigenvalue weighted by atomic mass is 35.5. The minimum Gasteiger partial charge on any atom is -0.317 e. The van der Waals surface area contributed by atoms with E-state index in [1.807, 2.05) is 19.2 Å². The molecule has 15 heavy (non-hydrogen) atoms. The van der Waals surface area contributed by atoms with Crippen molar-refractivity contribution in [2.24, 2.45) is 0 Å². The maximum atomic E-state index is 5.94. The van der Waals surface area contributed by atoms with E-state index >= 15 is 0 Å². The number of hydrogen-bond donors (Lipinski definition) is 1. The second kappa shape index (κ2) is 6.86. The first kappa shape index (κ1) is 12.5. The van der Waals surface area contributed by atoms with Gasteiger partial charge in [0, 0.05) is 11.1 Å². The number of rotatable bonds is 6. The Hall–Kier alpha value is -0.530. The fourth-order valence-electron chi connectivity index (χ4n) is 1.81. The largest absolute Gasteiger partial charge is 0.317 e. The van der Waals surface area contributed by atoms with Crippen molar-refractivity contribution in [2.75, 3.05) is 7.05 Å². The molecular weight excluding hydrogens is 206 g/mol. The van der Waals surface area contributed by atoms with Crippen LogP contribution in [0, 0.1) is 0 Å². The zero-order valence-corrected chi connectivity index (χ0v) is 10.3. The molecule has 0 aliphatic rings. The molecule has 1 atom stereocenters. The summed E-state index contributed by atoms with van der Waals surface area (Å²) in [6, 6.07) is 8.78. The fourth-order valence-corrected chi connectivity index (χ4v) is 2.03. The molecule has 0 saturated carbocycles. The van der Waals surface area contributed by atoms with Crippen molar-refractivity contribution in [3.05, 3.63) is 34.9 Å². The highest BCUT2D eigenvalue weighted by Crippen LogP contribution is 2.13. The molecule has 0 aliphatic carbocycles. The van der Waals surface area contributed by atoms with Crippen LogP contribution in [0.3, 0.4) is 0 Å². The van der Waals surface area contributed by atoms with Crippen molar-refractivity contribution >= 4 is 11.6 Å². The van der Waals surface area contributed by atoms with E-state index in [0.29, 0.717) is 6.04 Å².